The van der Waals surface area contributed by atoms with Gasteiger partial charge >= 0.3 is 5.97 Å². The maximum Gasteiger partial charge on any atom is 0.340 e. The summed E-state index contributed by atoms with van der Waals surface area (Å²) in [5.41, 5.74) is 5.88. The predicted octanol–water partition coefficient (Wildman–Crippen LogP) is 2.12. The number of halogens is 1. The molecule has 0 saturated heterocycles. The van der Waals surface area contributed by atoms with Gasteiger partial charge in [-0.2, -0.15) is 0 Å². The zero-order chi connectivity index (χ0) is 18.6. The molecular weight excluding hydrogens is 368 g/mol. The standard InChI is InChI=1S/C16H15ClN2O5S/c1-25(22,23)13-8-3-2-7-12(13)19-14(20)9-24-16(21)10-5-4-6-11(17)15(10)18/h2-8H,9,18H2,1H3,(H,19,20). The molecule has 0 radical (unpaired) electrons. The lowest BCUT2D eigenvalue weighted by molar-refractivity contribution is -0.119. The van der Waals surface area contributed by atoms with E-state index in [9.17, 15) is 18.0 Å². The molecule has 1 amide bonds. The van der Waals surface area contributed by atoms with Gasteiger partial charge in [-0.1, -0.05) is 29.8 Å². The van der Waals surface area contributed by atoms with Crippen LogP contribution in [0.2, 0.25) is 5.02 Å². The van der Waals surface area contributed by atoms with Crippen LogP contribution in [0, 0.1) is 0 Å². The van der Waals surface area contributed by atoms with Crippen LogP contribution in [-0.4, -0.2) is 33.2 Å². The van der Waals surface area contributed by atoms with E-state index in [1.165, 1.54) is 36.4 Å². The Balaban J connectivity index is 2.05. The number of esters is 1. The summed E-state index contributed by atoms with van der Waals surface area (Å²) in [5, 5.41) is 2.59. The van der Waals surface area contributed by atoms with Gasteiger partial charge in [0.25, 0.3) is 5.91 Å². The second-order valence-electron chi connectivity index (χ2n) is 5.09. The van der Waals surface area contributed by atoms with Crippen molar-refractivity contribution in [3.05, 3.63) is 53.1 Å². The molecule has 0 aliphatic carbocycles. The van der Waals surface area contributed by atoms with Gasteiger partial charge in [-0.05, 0) is 24.3 Å². The van der Waals surface area contributed by atoms with E-state index in [0.717, 1.165) is 6.26 Å². The second kappa shape index (κ2) is 7.54. The summed E-state index contributed by atoms with van der Waals surface area (Å²) in [6.45, 7) is -0.608. The van der Waals surface area contributed by atoms with Gasteiger partial charge in [0.1, 0.15) is 0 Å². The maximum absolute atomic E-state index is 12.0. The predicted molar refractivity (Wildman–Crippen MR) is 94.3 cm³/mol. The Morgan fingerprint density at radius 1 is 1.16 bits per heavy atom. The van der Waals surface area contributed by atoms with Crippen LogP contribution in [0.25, 0.3) is 0 Å². The molecule has 0 aromatic heterocycles. The van der Waals surface area contributed by atoms with E-state index in [1.807, 2.05) is 0 Å². The number of ether oxygens (including phenoxy) is 1. The average molecular weight is 383 g/mol. The van der Waals surface area contributed by atoms with Crippen molar-refractivity contribution in [2.24, 2.45) is 0 Å². The first kappa shape index (κ1) is 18.8. The van der Waals surface area contributed by atoms with Crippen LogP contribution in [0.3, 0.4) is 0 Å². The van der Waals surface area contributed by atoms with Crippen LogP contribution in [0.5, 0.6) is 0 Å². The first-order valence-corrected chi connectivity index (χ1v) is 9.27. The summed E-state index contributed by atoms with van der Waals surface area (Å²) in [6, 6.07) is 10.4. The third kappa shape index (κ3) is 4.71. The number of sulfone groups is 1. The molecule has 0 fully saturated rings. The van der Waals surface area contributed by atoms with Crippen LogP contribution >= 0.6 is 11.6 Å². The lowest BCUT2D eigenvalue weighted by Gasteiger charge is -2.11. The fourth-order valence-electron chi connectivity index (χ4n) is 2.00. The van der Waals surface area contributed by atoms with E-state index in [-0.39, 0.29) is 26.9 Å². The number of para-hydroxylation sites is 2. The summed E-state index contributed by atoms with van der Waals surface area (Å²) in [5.74, 6) is -1.50. The molecule has 132 valence electrons. The van der Waals surface area contributed by atoms with Gasteiger partial charge in [0, 0.05) is 6.26 Å². The molecule has 25 heavy (non-hydrogen) atoms. The van der Waals surface area contributed by atoms with Crippen molar-refractivity contribution >= 4 is 44.7 Å². The number of nitrogen functional groups attached to an aromatic ring is 1. The van der Waals surface area contributed by atoms with Gasteiger partial charge in [-0.3, -0.25) is 4.79 Å². The number of benzene rings is 2. The number of hydrogen-bond acceptors (Lipinski definition) is 6. The highest BCUT2D eigenvalue weighted by Gasteiger charge is 2.17. The number of nitrogens with one attached hydrogen (secondary N) is 1. The Morgan fingerprint density at radius 3 is 2.52 bits per heavy atom. The first-order chi connectivity index (χ1) is 11.7. The summed E-state index contributed by atoms with van der Waals surface area (Å²) in [7, 11) is -3.52. The summed E-state index contributed by atoms with van der Waals surface area (Å²) in [4.78, 5) is 23.9. The summed E-state index contributed by atoms with van der Waals surface area (Å²) < 4.78 is 28.3. The third-order valence-corrected chi connectivity index (χ3v) is 4.65. The van der Waals surface area contributed by atoms with Crippen molar-refractivity contribution in [3.8, 4) is 0 Å². The highest BCUT2D eigenvalue weighted by molar-refractivity contribution is 7.90. The van der Waals surface area contributed by atoms with E-state index >= 15 is 0 Å². The Morgan fingerprint density at radius 2 is 1.84 bits per heavy atom. The molecular formula is C16H15ClN2O5S. The lowest BCUT2D eigenvalue weighted by atomic mass is 10.2. The van der Waals surface area contributed by atoms with Gasteiger partial charge in [0.05, 0.1) is 26.9 Å². The lowest BCUT2D eigenvalue weighted by Crippen LogP contribution is -2.22. The molecule has 0 unspecified atom stereocenters. The van der Waals surface area contributed by atoms with E-state index in [2.05, 4.69) is 5.32 Å². The fourth-order valence-corrected chi connectivity index (χ4v) is 3.02. The fraction of sp³-hybridized carbons (Fsp3) is 0.125. The van der Waals surface area contributed by atoms with Crippen molar-refractivity contribution in [1.29, 1.82) is 0 Å². The quantitative estimate of drug-likeness (QED) is 0.604. The molecule has 9 heteroatoms. The Hall–Kier alpha value is -2.58. The summed E-state index contributed by atoms with van der Waals surface area (Å²) in [6.07, 6.45) is 1.03. The van der Waals surface area contributed by atoms with E-state index in [4.69, 9.17) is 22.1 Å². The highest BCUT2D eigenvalue weighted by atomic mass is 35.5. The van der Waals surface area contributed by atoms with Gasteiger partial charge in [-0.25, -0.2) is 13.2 Å². The largest absolute Gasteiger partial charge is 0.452 e. The van der Waals surface area contributed by atoms with Crippen molar-refractivity contribution in [1.82, 2.24) is 0 Å². The number of rotatable bonds is 5. The van der Waals surface area contributed by atoms with Crippen LogP contribution in [0.1, 0.15) is 10.4 Å². The molecule has 0 bridgehead atoms. The van der Waals surface area contributed by atoms with Crippen molar-refractivity contribution in [2.45, 2.75) is 4.90 Å². The number of anilines is 2. The highest BCUT2D eigenvalue weighted by Crippen LogP contribution is 2.23. The van der Waals surface area contributed by atoms with Gasteiger partial charge < -0.3 is 15.8 Å². The van der Waals surface area contributed by atoms with E-state index < -0.39 is 28.3 Å². The Labute approximate surface area is 149 Å². The maximum atomic E-state index is 12.0. The molecule has 0 heterocycles. The minimum atomic E-state index is -3.52. The number of amides is 1. The Kier molecular flexibility index (Phi) is 5.66. The molecule has 2 rings (SSSR count). The minimum Gasteiger partial charge on any atom is -0.452 e. The van der Waals surface area contributed by atoms with Crippen LogP contribution in [0.15, 0.2) is 47.4 Å². The Bertz CT molecular complexity index is 928. The molecule has 2 aromatic rings. The smallest absolute Gasteiger partial charge is 0.340 e. The van der Waals surface area contributed by atoms with Gasteiger partial charge in [-0.15, -0.1) is 0 Å². The zero-order valence-electron chi connectivity index (χ0n) is 13.2. The van der Waals surface area contributed by atoms with E-state index in [1.54, 1.807) is 6.07 Å². The topological polar surface area (TPSA) is 116 Å². The minimum absolute atomic E-state index is 0.0336. The second-order valence-corrected chi connectivity index (χ2v) is 7.49. The van der Waals surface area contributed by atoms with E-state index in [0.29, 0.717) is 0 Å². The molecule has 7 nitrogen and oxygen atoms in total. The molecule has 2 aromatic carbocycles. The molecule has 0 spiro atoms. The van der Waals surface area contributed by atoms with Crippen LogP contribution in [0.4, 0.5) is 11.4 Å². The van der Waals surface area contributed by atoms with Gasteiger partial charge in [0.2, 0.25) is 0 Å². The summed E-state index contributed by atoms with van der Waals surface area (Å²) >= 11 is 5.82. The number of carbonyl (C=O) groups excluding carboxylic acids is 2. The van der Waals surface area contributed by atoms with Gasteiger partial charge in [0.15, 0.2) is 16.4 Å². The van der Waals surface area contributed by atoms with Crippen LogP contribution < -0.4 is 11.1 Å². The molecule has 3 N–H and O–H groups in total. The first-order valence-electron chi connectivity index (χ1n) is 7.00. The normalized spacial score (nSPS) is 11.0. The van der Waals surface area contributed by atoms with Crippen molar-refractivity contribution < 1.29 is 22.7 Å². The third-order valence-electron chi connectivity index (χ3n) is 3.17. The molecule has 0 atom stereocenters. The molecule has 0 aliphatic rings. The SMILES string of the molecule is CS(=O)(=O)c1ccccc1NC(=O)COC(=O)c1cccc(Cl)c1N. The number of carbonyl (C=O) groups is 2. The van der Waals surface area contributed by atoms with Crippen molar-refractivity contribution in [3.63, 3.8) is 0 Å². The molecule has 0 aliphatic heterocycles. The average Bonchev–Trinajstić information content (AvgIpc) is 2.54. The molecule has 0 saturated carbocycles. The van der Waals surface area contributed by atoms with Crippen molar-refractivity contribution in [2.75, 3.05) is 23.9 Å². The zero-order valence-corrected chi connectivity index (χ0v) is 14.7. The monoisotopic (exact) mass is 382 g/mol. The van der Waals surface area contributed by atoms with Crippen LogP contribution in [-0.2, 0) is 19.4 Å². The number of hydrogen-bond donors (Lipinski definition) is 2. The number of nitrogens with two attached hydrogens (primary N) is 1.